The first-order chi connectivity index (χ1) is 12.2. The number of carbonyl (C=O) groups is 1. The van der Waals surface area contributed by atoms with Gasteiger partial charge in [0.05, 0.1) is 6.20 Å². The number of benzene rings is 1. The molecule has 0 saturated carbocycles. The molecule has 1 aliphatic rings. The molecule has 0 aliphatic carbocycles. The van der Waals surface area contributed by atoms with Crippen LogP contribution in [0, 0.1) is 0 Å². The van der Waals surface area contributed by atoms with Crippen molar-refractivity contribution in [3.63, 3.8) is 0 Å². The molecule has 27 heavy (non-hydrogen) atoms. The summed E-state index contributed by atoms with van der Waals surface area (Å²) in [5, 5.41) is 32.2. The zero-order chi connectivity index (χ0) is 19.1. The van der Waals surface area contributed by atoms with E-state index in [0.29, 0.717) is 5.46 Å². The third-order valence-electron chi connectivity index (χ3n) is 3.75. The molecule has 3 rings (SSSR count). The van der Waals surface area contributed by atoms with Crippen molar-refractivity contribution in [3.8, 4) is 11.5 Å². The highest BCUT2D eigenvalue weighted by Gasteiger charge is 2.45. The van der Waals surface area contributed by atoms with Crippen molar-refractivity contribution in [2.75, 3.05) is 0 Å². The van der Waals surface area contributed by atoms with Gasteiger partial charge in [-0.3, -0.25) is 4.68 Å². The molecule has 0 bridgehead atoms. The van der Waals surface area contributed by atoms with Gasteiger partial charge in [0.1, 0.15) is 23.7 Å². The van der Waals surface area contributed by atoms with E-state index in [1.165, 1.54) is 6.07 Å². The van der Waals surface area contributed by atoms with Crippen LogP contribution in [0.1, 0.15) is 42.7 Å². The third-order valence-corrected chi connectivity index (χ3v) is 3.75. The van der Waals surface area contributed by atoms with Gasteiger partial charge in [0.25, 0.3) is 5.97 Å². The van der Waals surface area contributed by atoms with Gasteiger partial charge < -0.3 is 34.8 Å². The number of nitrogens with zero attached hydrogens (tertiary/aromatic N) is 2. The van der Waals surface area contributed by atoms with Crippen molar-refractivity contribution < 1.29 is 39.6 Å². The molecule has 0 atom stereocenters. The lowest BCUT2D eigenvalue weighted by Gasteiger charge is -2.32. The van der Waals surface area contributed by atoms with Gasteiger partial charge in [-0.15, -0.1) is 0 Å². The minimum absolute atomic E-state index is 0. The van der Waals surface area contributed by atoms with Crippen molar-refractivity contribution >= 4 is 18.6 Å². The largest absolute Gasteiger partial charge is 0.570 e. The summed E-state index contributed by atoms with van der Waals surface area (Å²) in [6, 6.07) is 3.26. The van der Waals surface area contributed by atoms with E-state index in [9.17, 15) is 20.1 Å². The van der Waals surface area contributed by atoms with Crippen LogP contribution in [0.2, 0.25) is 0 Å². The number of ether oxygens (including phenoxy) is 1. The van der Waals surface area contributed by atoms with Crippen molar-refractivity contribution in [1.82, 2.24) is 9.78 Å². The molecule has 2 aromatic rings. The number of carboxylic acids is 1. The number of hydrogen-bond acceptors (Lipinski definition) is 7. The van der Waals surface area contributed by atoms with E-state index in [-0.39, 0.29) is 35.2 Å². The molecular weight excluding hydrogens is 359 g/mol. The van der Waals surface area contributed by atoms with Gasteiger partial charge in [-0.2, -0.15) is 5.10 Å². The molecule has 0 unspecified atom stereocenters. The lowest BCUT2D eigenvalue weighted by atomic mass is 9.71. The second-order valence-electron chi connectivity index (χ2n) is 6.37. The Kier molecular flexibility index (Phi) is 5.80. The highest BCUT2D eigenvalue weighted by molar-refractivity contribution is 6.67. The first-order valence-corrected chi connectivity index (χ1v) is 8.01. The number of aromatic nitrogens is 2. The van der Waals surface area contributed by atoms with E-state index < -0.39 is 19.1 Å². The second-order valence-corrected chi connectivity index (χ2v) is 6.37. The molecule has 0 spiro atoms. The summed E-state index contributed by atoms with van der Waals surface area (Å²) < 4.78 is 17.5. The van der Waals surface area contributed by atoms with Crippen molar-refractivity contribution in [3.05, 3.63) is 35.7 Å². The highest BCUT2D eigenvalue weighted by atomic mass is 16.8. The number of carboxylic acid groups (broad SMARTS) is 1. The van der Waals surface area contributed by atoms with Gasteiger partial charge >= 0.3 is 13.1 Å². The summed E-state index contributed by atoms with van der Waals surface area (Å²) in [4.78, 5) is 11.6. The normalized spacial score (nSPS) is 12.7. The van der Waals surface area contributed by atoms with Crippen LogP contribution in [0.4, 0.5) is 0 Å². The van der Waals surface area contributed by atoms with Gasteiger partial charge in [-0.25, -0.2) is 4.79 Å². The van der Waals surface area contributed by atoms with Gasteiger partial charge in [0, 0.05) is 30.2 Å². The van der Waals surface area contributed by atoms with E-state index in [0.717, 1.165) is 12.5 Å². The van der Waals surface area contributed by atoms with Crippen LogP contribution >= 0.6 is 0 Å². The molecule has 146 valence electrons. The van der Waals surface area contributed by atoms with E-state index in [4.69, 9.17) is 14.0 Å². The molecule has 0 amide bonds. The van der Waals surface area contributed by atoms with Crippen molar-refractivity contribution in [2.45, 2.75) is 39.4 Å². The minimum atomic E-state index is -2.39. The predicted molar refractivity (Wildman–Crippen MR) is 93.9 cm³/mol. The summed E-state index contributed by atoms with van der Waals surface area (Å²) >= 11 is 0. The molecule has 11 heteroatoms. The minimum Gasteiger partial charge on any atom is -0.532 e. The third kappa shape index (κ3) is 4.39. The standard InChI is InChI=1S/C16H19BN2O7.H2O/c1-9(2)19-7-10(6-18-19)8-24-12-5-4-11-14(13(12)15(20)21)25-17(11)26-16(3,22)23;/h4-7,9,22-23H,8H2,1-3H3,(H,20,21);1H2. The monoisotopic (exact) mass is 380 g/mol. The van der Waals surface area contributed by atoms with Crippen LogP contribution in [0.15, 0.2) is 24.5 Å². The van der Waals surface area contributed by atoms with Crippen molar-refractivity contribution in [2.24, 2.45) is 0 Å². The Hall–Kier alpha value is -2.60. The fraction of sp³-hybridized carbons (Fsp3) is 0.375. The maximum absolute atomic E-state index is 11.6. The highest BCUT2D eigenvalue weighted by Crippen LogP contribution is 2.34. The molecule has 0 radical (unpaired) electrons. The van der Waals surface area contributed by atoms with Crippen LogP contribution < -0.4 is 14.9 Å². The average molecular weight is 380 g/mol. The van der Waals surface area contributed by atoms with Crippen LogP contribution in [-0.2, 0) is 11.3 Å². The number of aliphatic hydroxyl groups is 2. The molecule has 5 N–H and O–H groups in total. The molecule has 1 aromatic heterocycles. The summed E-state index contributed by atoms with van der Waals surface area (Å²) in [6.07, 6.45) is 3.49. The SMILES string of the molecule is CC(C)n1cc(COc2ccc3c(c2C(=O)O)OB3OC(C)(O)O)cn1.O. The van der Waals surface area contributed by atoms with Crippen LogP contribution in [0.3, 0.4) is 0 Å². The molecule has 0 fully saturated rings. The summed E-state index contributed by atoms with van der Waals surface area (Å²) in [5.74, 6) is -3.38. The summed E-state index contributed by atoms with van der Waals surface area (Å²) in [7, 11) is -1.05. The molecular formula is C16H21BN2O8. The molecule has 10 nitrogen and oxygen atoms in total. The van der Waals surface area contributed by atoms with Gasteiger partial charge in [0.15, 0.2) is 0 Å². The Morgan fingerprint density at radius 3 is 2.67 bits per heavy atom. The van der Waals surface area contributed by atoms with E-state index in [2.05, 4.69) is 5.10 Å². The first-order valence-electron chi connectivity index (χ1n) is 8.01. The summed E-state index contributed by atoms with van der Waals surface area (Å²) in [5.41, 5.74) is 1.06. The van der Waals surface area contributed by atoms with E-state index in [1.54, 1.807) is 16.9 Å². The second kappa shape index (κ2) is 7.57. The van der Waals surface area contributed by atoms with Gasteiger partial charge in [-0.1, -0.05) is 6.07 Å². The van der Waals surface area contributed by atoms with Gasteiger partial charge in [-0.05, 0) is 19.9 Å². The van der Waals surface area contributed by atoms with Crippen LogP contribution in [0.5, 0.6) is 11.5 Å². The number of hydrogen-bond donors (Lipinski definition) is 3. The van der Waals surface area contributed by atoms with Crippen LogP contribution in [-0.4, -0.2) is 49.6 Å². The Morgan fingerprint density at radius 1 is 1.41 bits per heavy atom. The number of rotatable bonds is 7. The maximum atomic E-state index is 11.6. The number of fused-ring (bicyclic) bond motifs is 1. The first kappa shape index (κ1) is 20.7. The van der Waals surface area contributed by atoms with Crippen molar-refractivity contribution in [1.29, 1.82) is 0 Å². The zero-order valence-electron chi connectivity index (χ0n) is 15.0. The smallest absolute Gasteiger partial charge is 0.532 e. The van der Waals surface area contributed by atoms with E-state index in [1.807, 2.05) is 20.0 Å². The lowest BCUT2D eigenvalue weighted by molar-refractivity contribution is -0.285. The van der Waals surface area contributed by atoms with Crippen LogP contribution in [0.25, 0.3) is 0 Å². The quantitative estimate of drug-likeness (QED) is 0.436. The predicted octanol–water partition coefficient (Wildman–Crippen LogP) is -0.321. The average Bonchev–Trinajstić information content (AvgIpc) is 2.98. The zero-order valence-corrected chi connectivity index (χ0v) is 15.0. The lowest BCUT2D eigenvalue weighted by Crippen LogP contribution is -2.55. The Balaban J connectivity index is 0.00000261. The Morgan fingerprint density at radius 2 is 2.11 bits per heavy atom. The fourth-order valence-corrected chi connectivity index (χ4v) is 2.51. The topological polar surface area (TPSA) is 155 Å². The molecule has 1 aliphatic heterocycles. The number of aromatic carboxylic acids is 1. The van der Waals surface area contributed by atoms with E-state index >= 15 is 0 Å². The molecule has 1 aromatic carbocycles. The Labute approximate surface area is 155 Å². The maximum Gasteiger partial charge on any atom is 0.570 e. The molecule has 0 saturated heterocycles. The Bertz CT molecular complexity index is 830. The fourth-order valence-electron chi connectivity index (χ4n) is 2.51. The molecule has 2 heterocycles. The summed E-state index contributed by atoms with van der Waals surface area (Å²) in [6.45, 7) is 5.17. The van der Waals surface area contributed by atoms with Gasteiger partial charge in [0.2, 0.25) is 0 Å².